The van der Waals surface area contributed by atoms with E-state index in [2.05, 4.69) is 17.2 Å². The maximum Gasteiger partial charge on any atom is 0.206 e. The Morgan fingerprint density at radius 2 is 1.75 bits per heavy atom. The van der Waals surface area contributed by atoms with Gasteiger partial charge in [-0.15, -0.1) is 0 Å². The van der Waals surface area contributed by atoms with Crippen molar-refractivity contribution in [2.45, 2.75) is 11.8 Å². The standard InChI is InChI=1S/C15H20N2O2S/c1-5-14(9-6-12(2)16-3)20(18,19)15-10-7-13(17-4)8-11-15/h5-11,16-17H,2H2,1,3-4H3/b9-6-,14-5+. The molecule has 0 heterocycles. The predicted molar refractivity (Wildman–Crippen MR) is 84.3 cm³/mol. The van der Waals surface area contributed by atoms with Crippen LogP contribution in [0.2, 0.25) is 0 Å². The zero-order valence-electron chi connectivity index (χ0n) is 12.0. The van der Waals surface area contributed by atoms with Crippen LogP contribution in [-0.4, -0.2) is 22.5 Å². The fourth-order valence-corrected chi connectivity index (χ4v) is 2.87. The van der Waals surface area contributed by atoms with Gasteiger partial charge in [0.1, 0.15) is 0 Å². The normalized spacial score (nSPS) is 12.4. The maximum absolute atomic E-state index is 12.5. The van der Waals surface area contributed by atoms with Crippen LogP contribution < -0.4 is 10.6 Å². The first-order valence-corrected chi connectivity index (χ1v) is 7.68. The molecule has 0 saturated heterocycles. The van der Waals surface area contributed by atoms with Gasteiger partial charge in [0.2, 0.25) is 9.84 Å². The lowest BCUT2D eigenvalue weighted by molar-refractivity contribution is 0.603. The van der Waals surface area contributed by atoms with Crippen molar-refractivity contribution in [3.8, 4) is 0 Å². The lowest BCUT2D eigenvalue weighted by Gasteiger charge is -2.07. The largest absolute Gasteiger partial charge is 0.389 e. The van der Waals surface area contributed by atoms with Crippen LogP contribution in [0.5, 0.6) is 0 Å². The fraction of sp³-hybridized carbons (Fsp3) is 0.200. The summed E-state index contributed by atoms with van der Waals surface area (Å²) in [4.78, 5) is 0.510. The first-order valence-electron chi connectivity index (χ1n) is 6.19. The molecular formula is C15H20N2O2S. The van der Waals surface area contributed by atoms with Gasteiger partial charge in [-0.3, -0.25) is 0 Å². The van der Waals surface area contributed by atoms with Crippen molar-refractivity contribution in [2.75, 3.05) is 19.4 Å². The molecular weight excluding hydrogens is 272 g/mol. The van der Waals surface area contributed by atoms with Gasteiger partial charge >= 0.3 is 0 Å². The summed E-state index contributed by atoms with van der Waals surface area (Å²) in [6.45, 7) is 5.42. The second-order valence-electron chi connectivity index (χ2n) is 4.08. The molecule has 0 amide bonds. The average Bonchev–Trinajstić information content (AvgIpc) is 2.47. The third-order valence-electron chi connectivity index (χ3n) is 2.82. The number of benzene rings is 1. The number of anilines is 1. The minimum absolute atomic E-state index is 0.242. The Labute approximate surface area is 120 Å². The van der Waals surface area contributed by atoms with Crippen molar-refractivity contribution in [3.63, 3.8) is 0 Å². The molecule has 0 saturated carbocycles. The Morgan fingerprint density at radius 3 is 2.20 bits per heavy atom. The number of rotatable bonds is 6. The van der Waals surface area contributed by atoms with E-state index < -0.39 is 9.84 Å². The Kier molecular flexibility index (Phi) is 5.58. The van der Waals surface area contributed by atoms with E-state index in [1.165, 1.54) is 0 Å². The number of hydrogen-bond acceptors (Lipinski definition) is 4. The molecule has 1 rings (SSSR count). The van der Waals surface area contributed by atoms with Crippen molar-refractivity contribution in [1.29, 1.82) is 0 Å². The smallest absolute Gasteiger partial charge is 0.206 e. The SMILES string of the molecule is C=C(/C=C\C(=C/C)S(=O)(=O)c1ccc(NC)cc1)NC. The summed E-state index contributed by atoms with van der Waals surface area (Å²) in [6, 6.07) is 6.64. The molecule has 0 fully saturated rings. The fourth-order valence-electron chi connectivity index (χ4n) is 1.54. The Hall–Kier alpha value is -2.01. The van der Waals surface area contributed by atoms with Gasteiger partial charge in [0.15, 0.2) is 0 Å². The van der Waals surface area contributed by atoms with Gasteiger partial charge in [0.05, 0.1) is 9.80 Å². The third-order valence-corrected chi connectivity index (χ3v) is 4.70. The van der Waals surface area contributed by atoms with E-state index in [1.54, 1.807) is 63.5 Å². The predicted octanol–water partition coefficient (Wildman–Crippen LogP) is 2.70. The van der Waals surface area contributed by atoms with E-state index in [0.29, 0.717) is 5.70 Å². The summed E-state index contributed by atoms with van der Waals surface area (Å²) >= 11 is 0. The van der Waals surface area contributed by atoms with Crippen molar-refractivity contribution >= 4 is 15.5 Å². The van der Waals surface area contributed by atoms with Crippen LogP contribution in [0.4, 0.5) is 5.69 Å². The highest BCUT2D eigenvalue weighted by Crippen LogP contribution is 2.22. The zero-order chi connectivity index (χ0) is 15.2. The summed E-state index contributed by atoms with van der Waals surface area (Å²) in [6.07, 6.45) is 4.75. The highest BCUT2D eigenvalue weighted by atomic mass is 32.2. The lowest BCUT2D eigenvalue weighted by Crippen LogP contribution is -2.05. The number of sulfone groups is 1. The molecule has 0 unspecified atom stereocenters. The minimum Gasteiger partial charge on any atom is -0.389 e. The van der Waals surface area contributed by atoms with Crippen molar-refractivity contribution in [1.82, 2.24) is 5.32 Å². The maximum atomic E-state index is 12.5. The zero-order valence-corrected chi connectivity index (χ0v) is 12.8. The molecule has 5 heteroatoms. The number of hydrogen-bond donors (Lipinski definition) is 2. The molecule has 0 aromatic heterocycles. The molecule has 1 aromatic carbocycles. The van der Waals surface area contributed by atoms with Gasteiger partial charge in [-0.2, -0.15) is 0 Å². The molecule has 2 N–H and O–H groups in total. The van der Waals surface area contributed by atoms with Crippen LogP contribution in [0.3, 0.4) is 0 Å². The summed E-state index contributed by atoms with van der Waals surface area (Å²) in [5, 5.41) is 5.79. The van der Waals surface area contributed by atoms with Crippen molar-refractivity contribution in [3.05, 3.63) is 59.7 Å². The van der Waals surface area contributed by atoms with Crippen LogP contribution in [0.1, 0.15) is 6.92 Å². The number of likely N-dealkylation sites (N-methyl/N-ethyl adjacent to an activating group) is 1. The van der Waals surface area contributed by atoms with Gasteiger partial charge in [0.25, 0.3) is 0 Å². The van der Waals surface area contributed by atoms with Crippen LogP contribution in [0, 0.1) is 0 Å². The quantitative estimate of drug-likeness (QED) is 0.792. The molecule has 0 radical (unpaired) electrons. The topological polar surface area (TPSA) is 58.2 Å². The summed E-state index contributed by atoms with van der Waals surface area (Å²) in [7, 11) is 0.0115. The van der Waals surface area contributed by atoms with E-state index >= 15 is 0 Å². The highest BCUT2D eigenvalue weighted by Gasteiger charge is 2.17. The van der Waals surface area contributed by atoms with E-state index in [0.717, 1.165) is 5.69 Å². The highest BCUT2D eigenvalue weighted by molar-refractivity contribution is 7.95. The van der Waals surface area contributed by atoms with Gasteiger partial charge in [-0.1, -0.05) is 12.7 Å². The summed E-state index contributed by atoms with van der Waals surface area (Å²) in [5.74, 6) is 0. The van der Waals surface area contributed by atoms with Crippen molar-refractivity contribution < 1.29 is 8.42 Å². The Bertz CT molecular complexity index is 626. The molecule has 0 aliphatic carbocycles. The average molecular weight is 292 g/mol. The van der Waals surface area contributed by atoms with Gasteiger partial charge < -0.3 is 10.6 Å². The lowest BCUT2D eigenvalue weighted by atomic mass is 10.3. The van der Waals surface area contributed by atoms with Gasteiger partial charge in [0, 0.05) is 25.5 Å². The molecule has 4 nitrogen and oxygen atoms in total. The van der Waals surface area contributed by atoms with Gasteiger partial charge in [-0.05, 0) is 43.3 Å². The van der Waals surface area contributed by atoms with Crippen LogP contribution >= 0.6 is 0 Å². The van der Waals surface area contributed by atoms with E-state index in [4.69, 9.17) is 0 Å². The van der Waals surface area contributed by atoms with E-state index in [9.17, 15) is 8.42 Å². The summed E-state index contributed by atoms with van der Waals surface area (Å²) < 4.78 is 24.9. The van der Waals surface area contributed by atoms with Gasteiger partial charge in [-0.25, -0.2) is 8.42 Å². The second-order valence-corrected chi connectivity index (χ2v) is 6.03. The number of nitrogens with one attached hydrogen (secondary N) is 2. The molecule has 0 atom stereocenters. The first kappa shape index (κ1) is 16.0. The van der Waals surface area contributed by atoms with E-state index in [-0.39, 0.29) is 9.80 Å². The minimum atomic E-state index is -3.50. The second kappa shape index (κ2) is 6.96. The molecule has 0 aliphatic heterocycles. The van der Waals surface area contributed by atoms with Crippen LogP contribution in [-0.2, 0) is 9.84 Å². The molecule has 0 aliphatic rings. The molecule has 1 aromatic rings. The van der Waals surface area contributed by atoms with Crippen LogP contribution in [0.15, 0.2) is 64.6 Å². The molecule has 0 bridgehead atoms. The molecule has 0 spiro atoms. The van der Waals surface area contributed by atoms with E-state index in [1.807, 2.05) is 0 Å². The summed E-state index contributed by atoms with van der Waals surface area (Å²) in [5.41, 5.74) is 1.51. The molecule has 20 heavy (non-hydrogen) atoms. The Balaban J connectivity index is 3.12. The third kappa shape index (κ3) is 3.74. The monoisotopic (exact) mass is 292 g/mol. The number of allylic oxidation sites excluding steroid dienone is 3. The Morgan fingerprint density at radius 1 is 1.15 bits per heavy atom. The first-order chi connectivity index (χ1) is 9.45. The molecule has 108 valence electrons. The van der Waals surface area contributed by atoms with Crippen LogP contribution in [0.25, 0.3) is 0 Å². The van der Waals surface area contributed by atoms with Crippen molar-refractivity contribution in [2.24, 2.45) is 0 Å².